The van der Waals surface area contributed by atoms with Crippen molar-refractivity contribution in [3.05, 3.63) is 77.9 Å². The van der Waals surface area contributed by atoms with Gasteiger partial charge in [-0.3, -0.25) is 4.79 Å². The number of nitrogens with one attached hydrogen (secondary N) is 1. The van der Waals surface area contributed by atoms with Crippen molar-refractivity contribution in [2.24, 2.45) is 0 Å². The number of aromatic nitrogens is 1. The number of benzene rings is 3. The molecule has 0 aliphatic heterocycles. The summed E-state index contributed by atoms with van der Waals surface area (Å²) in [6.45, 7) is 8.49. The first-order valence-electron chi connectivity index (χ1n) is 11.6. The van der Waals surface area contributed by atoms with Gasteiger partial charge < -0.3 is 14.5 Å². The Bertz CT molecular complexity index is 1240. The molecule has 5 heteroatoms. The molecule has 3 aromatic carbocycles. The molecular formula is C28H30N2O3. The number of amides is 1. The monoisotopic (exact) mass is 442 g/mol. The Hall–Kier alpha value is -3.60. The molecule has 33 heavy (non-hydrogen) atoms. The maximum absolute atomic E-state index is 12.7. The van der Waals surface area contributed by atoms with Crippen molar-refractivity contribution in [1.29, 1.82) is 0 Å². The Kier molecular flexibility index (Phi) is 6.78. The lowest BCUT2D eigenvalue weighted by atomic mass is 9.98. The van der Waals surface area contributed by atoms with Gasteiger partial charge >= 0.3 is 0 Å². The summed E-state index contributed by atoms with van der Waals surface area (Å²) in [6, 6.07) is 20.9. The number of anilines is 1. The lowest BCUT2D eigenvalue weighted by molar-refractivity contribution is 0.102. The first-order valence-corrected chi connectivity index (χ1v) is 11.6. The van der Waals surface area contributed by atoms with E-state index in [4.69, 9.17) is 9.15 Å². The van der Waals surface area contributed by atoms with E-state index in [9.17, 15) is 4.79 Å². The lowest BCUT2D eigenvalue weighted by Gasteiger charge is -2.12. The van der Waals surface area contributed by atoms with Crippen LogP contribution in [0.2, 0.25) is 0 Å². The van der Waals surface area contributed by atoms with E-state index in [-0.39, 0.29) is 12.0 Å². The van der Waals surface area contributed by atoms with Crippen molar-refractivity contribution in [3.8, 4) is 17.2 Å². The molecule has 0 saturated heterocycles. The number of carbonyl (C=O) groups excluding carboxylic acids is 1. The van der Waals surface area contributed by atoms with Crippen molar-refractivity contribution < 1.29 is 13.9 Å². The number of hydrogen-bond acceptors (Lipinski definition) is 4. The Balaban J connectivity index is 1.50. The number of carbonyl (C=O) groups is 1. The van der Waals surface area contributed by atoms with E-state index in [1.807, 2.05) is 49.4 Å². The molecule has 5 nitrogen and oxygen atoms in total. The molecule has 2 atom stereocenters. The summed E-state index contributed by atoms with van der Waals surface area (Å²) in [7, 11) is 0. The minimum Gasteiger partial charge on any atom is -0.491 e. The molecule has 2 unspecified atom stereocenters. The molecule has 4 rings (SSSR count). The van der Waals surface area contributed by atoms with Crippen LogP contribution < -0.4 is 10.1 Å². The molecule has 4 aromatic rings. The summed E-state index contributed by atoms with van der Waals surface area (Å²) in [5, 5.41) is 2.96. The normalized spacial score (nSPS) is 13.0. The van der Waals surface area contributed by atoms with Gasteiger partial charge in [-0.15, -0.1) is 0 Å². The summed E-state index contributed by atoms with van der Waals surface area (Å²) >= 11 is 0. The zero-order chi connectivity index (χ0) is 23.4. The van der Waals surface area contributed by atoms with Crippen LogP contribution in [0.25, 0.3) is 22.6 Å². The van der Waals surface area contributed by atoms with Crippen LogP contribution in [0.5, 0.6) is 5.75 Å². The second-order valence-corrected chi connectivity index (χ2v) is 8.45. The molecular weight excluding hydrogens is 412 g/mol. The van der Waals surface area contributed by atoms with E-state index in [1.165, 1.54) is 5.56 Å². The molecule has 0 spiro atoms. The zero-order valence-corrected chi connectivity index (χ0v) is 19.6. The van der Waals surface area contributed by atoms with Crippen molar-refractivity contribution in [3.63, 3.8) is 0 Å². The molecule has 1 amide bonds. The molecule has 1 N–H and O–H groups in total. The molecule has 170 valence electrons. The zero-order valence-electron chi connectivity index (χ0n) is 19.6. The third-order valence-corrected chi connectivity index (χ3v) is 5.99. The van der Waals surface area contributed by atoms with Gasteiger partial charge in [0.05, 0.1) is 6.10 Å². The number of fused-ring (bicyclic) bond motifs is 1. The van der Waals surface area contributed by atoms with E-state index in [0.717, 1.165) is 35.3 Å². The Morgan fingerprint density at radius 2 is 1.79 bits per heavy atom. The number of rotatable bonds is 8. The standard InChI is InChI=1S/C28H30N2O3/c1-5-18(3)21-12-15-26-25(17-21)30-28(33-26)22-8-7-9-23(16-22)29-27(31)20-10-13-24(14-11-20)32-19(4)6-2/h7-19H,5-6H2,1-4H3,(H,29,31). The second-order valence-electron chi connectivity index (χ2n) is 8.45. The van der Waals surface area contributed by atoms with Gasteiger partial charge in [-0.1, -0.05) is 32.9 Å². The lowest BCUT2D eigenvalue weighted by Crippen LogP contribution is -2.12. The third-order valence-electron chi connectivity index (χ3n) is 5.99. The number of nitrogens with zero attached hydrogens (tertiary/aromatic N) is 1. The third kappa shape index (κ3) is 5.25. The van der Waals surface area contributed by atoms with Crippen LogP contribution >= 0.6 is 0 Å². The van der Waals surface area contributed by atoms with Crippen LogP contribution in [0.15, 0.2) is 71.1 Å². The van der Waals surface area contributed by atoms with E-state index >= 15 is 0 Å². The topological polar surface area (TPSA) is 64.4 Å². The highest BCUT2D eigenvalue weighted by molar-refractivity contribution is 6.04. The summed E-state index contributed by atoms with van der Waals surface area (Å²) in [4.78, 5) is 17.4. The van der Waals surface area contributed by atoms with Crippen LogP contribution in [-0.2, 0) is 0 Å². The molecule has 1 heterocycles. The highest BCUT2D eigenvalue weighted by atomic mass is 16.5. The largest absolute Gasteiger partial charge is 0.491 e. The van der Waals surface area contributed by atoms with Gasteiger partial charge in [0.2, 0.25) is 5.89 Å². The minimum atomic E-state index is -0.182. The molecule has 0 aliphatic carbocycles. The molecule has 0 fully saturated rings. The predicted molar refractivity (Wildman–Crippen MR) is 133 cm³/mol. The van der Waals surface area contributed by atoms with Crippen molar-refractivity contribution in [2.45, 2.75) is 52.6 Å². The molecule has 0 bridgehead atoms. The average molecular weight is 443 g/mol. The average Bonchev–Trinajstić information content (AvgIpc) is 3.27. The van der Waals surface area contributed by atoms with Crippen LogP contribution in [-0.4, -0.2) is 17.0 Å². The fraction of sp³-hybridized carbons (Fsp3) is 0.286. The van der Waals surface area contributed by atoms with Crippen molar-refractivity contribution in [2.75, 3.05) is 5.32 Å². The van der Waals surface area contributed by atoms with E-state index in [0.29, 0.717) is 23.1 Å². The number of hydrogen-bond donors (Lipinski definition) is 1. The second kappa shape index (κ2) is 9.90. The summed E-state index contributed by atoms with van der Waals surface area (Å²) in [6.07, 6.45) is 2.14. The highest BCUT2D eigenvalue weighted by Crippen LogP contribution is 2.29. The quantitative estimate of drug-likeness (QED) is 0.308. The van der Waals surface area contributed by atoms with Gasteiger partial charge in [0, 0.05) is 16.8 Å². The van der Waals surface area contributed by atoms with Gasteiger partial charge in [-0.2, -0.15) is 0 Å². The fourth-order valence-corrected chi connectivity index (χ4v) is 3.54. The van der Waals surface area contributed by atoms with Crippen molar-refractivity contribution >= 4 is 22.7 Å². The van der Waals surface area contributed by atoms with Crippen LogP contribution in [0.1, 0.15) is 62.4 Å². The Morgan fingerprint density at radius 1 is 1.00 bits per heavy atom. The minimum absolute atomic E-state index is 0.140. The van der Waals surface area contributed by atoms with Gasteiger partial charge in [0.15, 0.2) is 5.58 Å². The van der Waals surface area contributed by atoms with E-state index < -0.39 is 0 Å². The fourth-order valence-electron chi connectivity index (χ4n) is 3.54. The molecule has 1 aromatic heterocycles. The van der Waals surface area contributed by atoms with E-state index in [1.54, 1.807) is 12.1 Å². The Labute approximate surface area is 194 Å². The molecule has 0 aliphatic rings. The highest BCUT2D eigenvalue weighted by Gasteiger charge is 2.13. The van der Waals surface area contributed by atoms with Gasteiger partial charge in [0.1, 0.15) is 11.3 Å². The predicted octanol–water partition coefficient (Wildman–Crippen LogP) is 7.44. The van der Waals surface area contributed by atoms with Gasteiger partial charge in [0.25, 0.3) is 5.91 Å². The molecule has 0 radical (unpaired) electrons. The summed E-state index contributed by atoms with van der Waals surface area (Å²) < 4.78 is 11.8. The van der Waals surface area contributed by atoms with Gasteiger partial charge in [-0.25, -0.2) is 4.98 Å². The van der Waals surface area contributed by atoms with Gasteiger partial charge in [-0.05, 0) is 85.8 Å². The Morgan fingerprint density at radius 3 is 2.52 bits per heavy atom. The smallest absolute Gasteiger partial charge is 0.255 e. The van der Waals surface area contributed by atoms with Crippen LogP contribution in [0, 0.1) is 0 Å². The first kappa shape index (κ1) is 22.6. The summed E-state index contributed by atoms with van der Waals surface area (Å²) in [5.74, 6) is 1.59. The van der Waals surface area contributed by atoms with Crippen LogP contribution in [0.3, 0.4) is 0 Å². The first-order chi connectivity index (χ1) is 16.0. The van der Waals surface area contributed by atoms with Crippen LogP contribution in [0.4, 0.5) is 5.69 Å². The number of ether oxygens (including phenoxy) is 1. The summed E-state index contributed by atoms with van der Waals surface area (Å²) in [5.41, 5.74) is 4.91. The SMILES string of the molecule is CCC(C)Oc1ccc(C(=O)Nc2cccc(-c3nc4cc(C(C)CC)ccc4o3)c2)cc1. The maximum atomic E-state index is 12.7. The molecule has 0 saturated carbocycles. The van der Waals surface area contributed by atoms with Crippen molar-refractivity contribution in [1.82, 2.24) is 4.98 Å². The number of oxazole rings is 1. The van der Waals surface area contributed by atoms with E-state index in [2.05, 4.69) is 43.2 Å². The maximum Gasteiger partial charge on any atom is 0.255 e.